The van der Waals surface area contributed by atoms with Gasteiger partial charge in [-0.15, -0.1) is 0 Å². The summed E-state index contributed by atoms with van der Waals surface area (Å²) in [5.41, 5.74) is 4.26. The van der Waals surface area contributed by atoms with Gasteiger partial charge >= 0.3 is 6.18 Å². The first-order valence-corrected chi connectivity index (χ1v) is 8.79. The van der Waals surface area contributed by atoms with Crippen LogP contribution in [-0.2, 0) is 11.0 Å². The average molecular weight is 386 g/mol. The SMILES string of the molecule is NC1CCC2CN(C(=O)CCNc3ccc(C(F)(F)F)cc3[N+](=O)[O-])CC12. The van der Waals surface area contributed by atoms with Gasteiger partial charge < -0.3 is 16.0 Å². The summed E-state index contributed by atoms with van der Waals surface area (Å²) >= 11 is 0. The summed E-state index contributed by atoms with van der Waals surface area (Å²) < 4.78 is 38.1. The van der Waals surface area contributed by atoms with Gasteiger partial charge in [0.05, 0.1) is 10.5 Å². The van der Waals surface area contributed by atoms with Crippen LogP contribution in [0.1, 0.15) is 24.8 Å². The monoisotopic (exact) mass is 386 g/mol. The number of hydrogen-bond donors (Lipinski definition) is 2. The summed E-state index contributed by atoms with van der Waals surface area (Å²) in [6.45, 7) is 1.41. The van der Waals surface area contributed by atoms with Crippen molar-refractivity contribution < 1.29 is 22.9 Å². The lowest BCUT2D eigenvalue weighted by Crippen LogP contribution is -2.34. The van der Waals surface area contributed by atoms with Crippen LogP contribution in [0.15, 0.2) is 18.2 Å². The molecule has 1 amide bonds. The van der Waals surface area contributed by atoms with Gasteiger partial charge in [0.2, 0.25) is 5.91 Å². The van der Waals surface area contributed by atoms with Gasteiger partial charge in [-0.2, -0.15) is 13.2 Å². The first-order chi connectivity index (χ1) is 12.7. The Labute approximate surface area is 153 Å². The van der Waals surface area contributed by atoms with Crippen LogP contribution in [0.2, 0.25) is 0 Å². The van der Waals surface area contributed by atoms with Crippen LogP contribution >= 0.6 is 0 Å². The molecule has 0 aromatic heterocycles. The van der Waals surface area contributed by atoms with Gasteiger partial charge in [0.15, 0.2) is 0 Å². The summed E-state index contributed by atoms with van der Waals surface area (Å²) in [6, 6.07) is 2.42. The number of likely N-dealkylation sites (tertiary alicyclic amines) is 1. The van der Waals surface area contributed by atoms with E-state index in [1.807, 2.05) is 0 Å². The molecular formula is C17H21F3N4O3. The molecule has 1 aromatic rings. The van der Waals surface area contributed by atoms with Crippen molar-refractivity contribution in [1.29, 1.82) is 0 Å². The Morgan fingerprint density at radius 2 is 2.07 bits per heavy atom. The fourth-order valence-electron chi connectivity index (χ4n) is 3.98. The number of nitrogens with one attached hydrogen (secondary N) is 1. The van der Waals surface area contributed by atoms with Crippen molar-refractivity contribution in [3.63, 3.8) is 0 Å². The number of carbonyl (C=O) groups is 1. The van der Waals surface area contributed by atoms with E-state index >= 15 is 0 Å². The van der Waals surface area contributed by atoms with Crippen molar-refractivity contribution in [2.24, 2.45) is 17.6 Å². The summed E-state index contributed by atoms with van der Waals surface area (Å²) in [7, 11) is 0. The summed E-state index contributed by atoms with van der Waals surface area (Å²) in [6.07, 6.45) is -2.55. The van der Waals surface area contributed by atoms with Crippen LogP contribution in [0.3, 0.4) is 0 Å². The van der Waals surface area contributed by atoms with Gasteiger partial charge in [-0.1, -0.05) is 0 Å². The molecule has 1 saturated heterocycles. The summed E-state index contributed by atoms with van der Waals surface area (Å²) in [5.74, 6) is 0.685. The highest BCUT2D eigenvalue weighted by Crippen LogP contribution is 2.37. The predicted octanol–water partition coefficient (Wildman–Crippen LogP) is 2.61. The molecule has 3 atom stereocenters. The topological polar surface area (TPSA) is 102 Å². The number of carbonyl (C=O) groups excluding carboxylic acids is 1. The molecular weight excluding hydrogens is 365 g/mol. The molecule has 7 nitrogen and oxygen atoms in total. The van der Waals surface area contributed by atoms with Crippen molar-refractivity contribution in [3.8, 4) is 0 Å². The fourth-order valence-corrected chi connectivity index (χ4v) is 3.98. The number of nitrogens with two attached hydrogens (primary N) is 1. The second-order valence-corrected chi connectivity index (χ2v) is 7.13. The number of nitrogens with zero attached hydrogens (tertiary/aromatic N) is 2. The number of nitro groups is 1. The molecule has 0 bridgehead atoms. The van der Waals surface area contributed by atoms with E-state index < -0.39 is 22.4 Å². The van der Waals surface area contributed by atoms with E-state index in [1.54, 1.807) is 4.90 Å². The Morgan fingerprint density at radius 3 is 2.70 bits per heavy atom. The van der Waals surface area contributed by atoms with E-state index in [2.05, 4.69) is 5.32 Å². The van der Waals surface area contributed by atoms with Crippen LogP contribution in [-0.4, -0.2) is 41.4 Å². The average Bonchev–Trinajstić information content (AvgIpc) is 3.16. The maximum Gasteiger partial charge on any atom is 0.416 e. The maximum absolute atomic E-state index is 12.7. The van der Waals surface area contributed by atoms with E-state index in [1.165, 1.54) is 0 Å². The van der Waals surface area contributed by atoms with Gasteiger partial charge in [-0.05, 0) is 36.8 Å². The highest BCUT2D eigenvalue weighted by atomic mass is 19.4. The van der Waals surface area contributed by atoms with Crippen LogP contribution in [0.25, 0.3) is 0 Å². The first-order valence-electron chi connectivity index (χ1n) is 8.79. The fraction of sp³-hybridized carbons (Fsp3) is 0.588. The van der Waals surface area contributed by atoms with Gasteiger partial charge in [0.1, 0.15) is 5.69 Å². The zero-order chi connectivity index (χ0) is 19.8. The number of nitro benzene ring substituents is 1. The lowest BCUT2D eigenvalue weighted by molar-refractivity contribution is -0.384. The van der Waals surface area contributed by atoms with Crippen LogP contribution < -0.4 is 11.1 Å². The van der Waals surface area contributed by atoms with E-state index in [9.17, 15) is 28.1 Å². The van der Waals surface area contributed by atoms with Crippen molar-refractivity contribution in [2.75, 3.05) is 25.0 Å². The van der Waals surface area contributed by atoms with Crippen molar-refractivity contribution in [1.82, 2.24) is 4.90 Å². The van der Waals surface area contributed by atoms with E-state index in [-0.39, 0.29) is 30.6 Å². The summed E-state index contributed by atoms with van der Waals surface area (Å²) in [4.78, 5) is 24.3. The Balaban J connectivity index is 1.57. The Bertz CT molecular complexity index is 741. The molecule has 0 spiro atoms. The number of fused-ring (bicyclic) bond motifs is 1. The molecule has 27 heavy (non-hydrogen) atoms. The molecule has 2 aliphatic rings. The number of halogens is 3. The minimum atomic E-state index is -4.66. The highest BCUT2D eigenvalue weighted by Gasteiger charge is 2.42. The van der Waals surface area contributed by atoms with Crippen molar-refractivity contribution >= 4 is 17.3 Å². The number of alkyl halides is 3. The van der Waals surface area contributed by atoms with E-state index in [4.69, 9.17) is 5.73 Å². The molecule has 0 radical (unpaired) electrons. The largest absolute Gasteiger partial charge is 0.416 e. The van der Waals surface area contributed by atoms with Crippen LogP contribution in [0, 0.1) is 22.0 Å². The molecule has 1 heterocycles. The minimum absolute atomic E-state index is 0.0406. The molecule has 2 fully saturated rings. The molecule has 3 unspecified atom stereocenters. The predicted molar refractivity (Wildman–Crippen MR) is 92.0 cm³/mol. The third-order valence-electron chi connectivity index (χ3n) is 5.44. The van der Waals surface area contributed by atoms with Crippen LogP contribution in [0.4, 0.5) is 24.5 Å². The molecule has 3 rings (SSSR count). The molecule has 1 saturated carbocycles. The number of benzene rings is 1. The van der Waals surface area contributed by atoms with Gasteiger partial charge in [-0.3, -0.25) is 14.9 Å². The normalized spacial score (nSPS) is 24.7. The number of amides is 1. The van der Waals surface area contributed by atoms with E-state index in [0.29, 0.717) is 31.0 Å². The molecule has 1 aliphatic heterocycles. The van der Waals surface area contributed by atoms with Gasteiger partial charge in [0.25, 0.3) is 5.69 Å². The Morgan fingerprint density at radius 1 is 1.33 bits per heavy atom. The van der Waals surface area contributed by atoms with Gasteiger partial charge in [0, 0.05) is 38.2 Å². The third kappa shape index (κ3) is 4.15. The second-order valence-electron chi connectivity index (χ2n) is 7.13. The Hall–Kier alpha value is -2.36. The molecule has 3 N–H and O–H groups in total. The minimum Gasteiger partial charge on any atom is -0.379 e. The standard InChI is InChI=1S/C17H21F3N4O3/c18-17(19,20)11-2-4-14(15(7-11)24(26)27)22-6-5-16(25)23-8-10-1-3-13(21)12(10)9-23/h2,4,7,10,12-13,22H,1,3,5-6,8-9,21H2. The van der Waals surface area contributed by atoms with Crippen molar-refractivity contribution in [3.05, 3.63) is 33.9 Å². The van der Waals surface area contributed by atoms with E-state index in [0.717, 1.165) is 25.0 Å². The maximum atomic E-state index is 12.7. The summed E-state index contributed by atoms with van der Waals surface area (Å²) in [5, 5.41) is 13.8. The molecule has 1 aliphatic carbocycles. The molecule has 10 heteroatoms. The number of rotatable bonds is 5. The van der Waals surface area contributed by atoms with Gasteiger partial charge in [-0.25, -0.2) is 0 Å². The third-order valence-corrected chi connectivity index (χ3v) is 5.44. The Kier molecular flexibility index (Phi) is 5.27. The first kappa shape index (κ1) is 19.4. The zero-order valence-electron chi connectivity index (χ0n) is 14.5. The quantitative estimate of drug-likeness (QED) is 0.598. The number of anilines is 1. The second kappa shape index (κ2) is 7.34. The van der Waals surface area contributed by atoms with Crippen LogP contribution in [0.5, 0.6) is 0 Å². The smallest absolute Gasteiger partial charge is 0.379 e. The highest BCUT2D eigenvalue weighted by molar-refractivity contribution is 5.77. The lowest BCUT2D eigenvalue weighted by atomic mass is 9.98. The molecule has 1 aromatic carbocycles. The number of hydrogen-bond acceptors (Lipinski definition) is 5. The van der Waals surface area contributed by atoms with Crippen molar-refractivity contribution in [2.45, 2.75) is 31.5 Å². The zero-order valence-corrected chi connectivity index (χ0v) is 14.5. The molecule has 148 valence electrons. The lowest BCUT2D eigenvalue weighted by Gasteiger charge is -2.19.